The smallest absolute Gasteiger partial charge is 0.274 e. The number of carbonyl (C=O) groups excluding carboxylic acids is 1. The van der Waals surface area contributed by atoms with E-state index < -0.39 is 0 Å². The molecule has 0 aliphatic heterocycles. The summed E-state index contributed by atoms with van der Waals surface area (Å²) in [5.74, 6) is 0.423. The predicted octanol–water partition coefficient (Wildman–Crippen LogP) is 4.35. The fraction of sp³-hybridized carbons (Fsp3) is 0.0952. The second kappa shape index (κ2) is 8.50. The Morgan fingerprint density at radius 2 is 1.89 bits per heavy atom. The average molecular weight is 358 g/mol. The van der Waals surface area contributed by atoms with E-state index in [1.54, 1.807) is 60.8 Å². The summed E-state index contributed by atoms with van der Waals surface area (Å²) in [5.41, 5.74) is 2.78. The second-order valence-electron chi connectivity index (χ2n) is 5.62. The first-order valence-corrected chi connectivity index (χ1v) is 8.46. The molecule has 2 aromatic carbocycles. The lowest BCUT2D eigenvalue weighted by Gasteiger charge is -2.10. The zero-order valence-electron chi connectivity index (χ0n) is 14.8. The third kappa shape index (κ3) is 4.61. The van der Waals surface area contributed by atoms with Crippen LogP contribution < -0.4 is 15.4 Å². The van der Waals surface area contributed by atoms with Crippen LogP contribution in [0.15, 0.2) is 66.9 Å². The predicted molar refractivity (Wildman–Crippen MR) is 104 cm³/mol. The highest BCUT2D eigenvalue weighted by molar-refractivity contribution is 6.03. The quantitative estimate of drug-likeness (QED) is 0.684. The monoisotopic (exact) mass is 358 g/mol. The Balaban J connectivity index is 1.73. The van der Waals surface area contributed by atoms with Gasteiger partial charge in [0, 0.05) is 17.6 Å². The number of rotatable bonds is 6. The Labute approximate surface area is 157 Å². The molecule has 0 bridgehead atoms. The molecule has 6 heteroatoms. The largest absolute Gasteiger partial charge is 0.494 e. The summed E-state index contributed by atoms with van der Waals surface area (Å²) in [5, 5.41) is 15.1. The molecular weight excluding hydrogens is 340 g/mol. The number of anilines is 3. The van der Waals surface area contributed by atoms with E-state index in [1.165, 1.54) is 0 Å². The SMILES string of the molecule is CCOc1ccc(NC(=O)c2cc(Nc3ccccc3C#N)ccn2)cc1. The molecule has 0 unspecified atom stereocenters. The first kappa shape index (κ1) is 18.0. The van der Waals surface area contributed by atoms with Gasteiger partial charge in [-0.1, -0.05) is 12.1 Å². The van der Waals surface area contributed by atoms with Crippen LogP contribution in [0.3, 0.4) is 0 Å². The van der Waals surface area contributed by atoms with Crippen LogP contribution >= 0.6 is 0 Å². The lowest BCUT2D eigenvalue weighted by atomic mass is 10.2. The summed E-state index contributed by atoms with van der Waals surface area (Å²) in [4.78, 5) is 16.6. The summed E-state index contributed by atoms with van der Waals surface area (Å²) in [6, 6.07) is 19.8. The van der Waals surface area contributed by atoms with Gasteiger partial charge in [-0.2, -0.15) is 5.26 Å². The molecule has 134 valence electrons. The number of nitrogens with zero attached hydrogens (tertiary/aromatic N) is 2. The number of nitriles is 1. The Morgan fingerprint density at radius 3 is 2.63 bits per heavy atom. The molecule has 1 heterocycles. The number of para-hydroxylation sites is 1. The molecule has 3 rings (SSSR count). The average Bonchev–Trinajstić information content (AvgIpc) is 2.70. The van der Waals surface area contributed by atoms with Crippen LogP contribution in [0.4, 0.5) is 17.1 Å². The Bertz CT molecular complexity index is 978. The maximum atomic E-state index is 12.5. The number of ether oxygens (including phenoxy) is 1. The maximum Gasteiger partial charge on any atom is 0.274 e. The molecule has 0 atom stereocenters. The number of hydrogen-bond acceptors (Lipinski definition) is 5. The van der Waals surface area contributed by atoms with Crippen LogP contribution in [-0.2, 0) is 0 Å². The molecule has 0 aliphatic rings. The molecule has 6 nitrogen and oxygen atoms in total. The minimum absolute atomic E-state index is 0.267. The van der Waals surface area contributed by atoms with Crippen molar-refractivity contribution in [2.75, 3.05) is 17.2 Å². The fourth-order valence-corrected chi connectivity index (χ4v) is 2.47. The van der Waals surface area contributed by atoms with Crippen LogP contribution in [-0.4, -0.2) is 17.5 Å². The van der Waals surface area contributed by atoms with Gasteiger partial charge in [0.25, 0.3) is 5.91 Å². The minimum Gasteiger partial charge on any atom is -0.494 e. The van der Waals surface area contributed by atoms with Crippen LogP contribution in [0, 0.1) is 11.3 Å². The number of nitrogens with one attached hydrogen (secondary N) is 2. The van der Waals surface area contributed by atoms with Crippen LogP contribution in [0.1, 0.15) is 23.0 Å². The maximum absolute atomic E-state index is 12.5. The molecule has 2 N–H and O–H groups in total. The van der Waals surface area contributed by atoms with Gasteiger partial charge in [-0.25, -0.2) is 0 Å². The standard InChI is InChI=1S/C21H18N4O2/c1-2-27-18-9-7-16(8-10-18)25-21(26)20-13-17(11-12-23-20)24-19-6-4-3-5-15(19)14-22/h3-13H,2H2,1H3,(H,23,24)(H,25,26). The van der Waals surface area contributed by atoms with E-state index in [0.717, 1.165) is 5.75 Å². The molecule has 0 radical (unpaired) electrons. The van der Waals surface area contributed by atoms with Crippen molar-refractivity contribution >= 4 is 23.0 Å². The highest BCUT2D eigenvalue weighted by Gasteiger charge is 2.10. The molecule has 0 aliphatic carbocycles. The first-order valence-electron chi connectivity index (χ1n) is 8.46. The van der Waals surface area contributed by atoms with Crippen molar-refractivity contribution in [3.05, 3.63) is 78.1 Å². The van der Waals surface area contributed by atoms with E-state index in [9.17, 15) is 10.1 Å². The van der Waals surface area contributed by atoms with Crippen LogP contribution in [0.2, 0.25) is 0 Å². The van der Waals surface area contributed by atoms with Gasteiger partial charge in [-0.15, -0.1) is 0 Å². The number of benzene rings is 2. The lowest BCUT2D eigenvalue weighted by Crippen LogP contribution is -2.13. The summed E-state index contributed by atoms with van der Waals surface area (Å²) in [7, 11) is 0. The Hall–Kier alpha value is -3.85. The first-order chi connectivity index (χ1) is 13.2. The van der Waals surface area contributed by atoms with Crippen molar-refractivity contribution in [3.63, 3.8) is 0 Å². The van der Waals surface area contributed by atoms with Gasteiger partial charge >= 0.3 is 0 Å². The normalized spacial score (nSPS) is 9.93. The highest BCUT2D eigenvalue weighted by Crippen LogP contribution is 2.21. The van der Waals surface area contributed by atoms with Crippen LogP contribution in [0.5, 0.6) is 5.75 Å². The van der Waals surface area contributed by atoms with Crippen LogP contribution in [0.25, 0.3) is 0 Å². The Kier molecular flexibility index (Phi) is 5.65. The van der Waals surface area contributed by atoms with E-state index in [-0.39, 0.29) is 11.6 Å². The molecule has 1 aromatic heterocycles. The van der Waals surface area contributed by atoms with Gasteiger partial charge in [0.15, 0.2) is 0 Å². The molecule has 0 saturated carbocycles. The number of hydrogen-bond donors (Lipinski definition) is 2. The summed E-state index contributed by atoms with van der Waals surface area (Å²) < 4.78 is 5.39. The zero-order chi connectivity index (χ0) is 19.1. The molecular formula is C21H18N4O2. The molecule has 0 fully saturated rings. The number of amides is 1. The van der Waals surface area contributed by atoms with Crippen molar-refractivity contribution in [2.24, 2.45) is 0 Å². The topological polar surface area (TPSA) is 87.0 Å². The summed E-state index contributed by atoms with van der Waals surface area (Å²) in [6.07, 6.45) is 1.55. The lowest BCUT2D eigenvalue weighted by molar-refractivity contribution is 0.102. The number of aromatic nitrogens is 1. The fourth-order valence-electron chi connectivity index (χ4n) is 2.47. The van der Waals surface area contributed by atoms with Gasteiger partial charge in [0.05, 0.1) is 17.9 Å². The highest BCUT2D eigenvalue weighted by atomic mass is 16.5. The molecule has 27 heavy (non-hydrogen) atoms. The van der Waals surface area contributed by atoms with E-state index in [0.29, 0.717) is 29.2 Å². The molecule has 3 aromatic rings. The minimum atomic E-state index is -0.323. The Morgan fingerprint density at radius 1 is 1.11 bits per heavy atom. The van der Waals surface area contributed by atoms with Gasteiger partial charge in [0.1, 0.15) is 17.5 Å². The van der Waals surface area contributed by atoms with Crippen molar-refractivity contribution in [2.45, 2.75) is 6.92 Å². The van der Waals surface area contributed by atoms with Crippen molar-refractivity contribution in [3.8, 4) is 11.8 Å². The second-order valence-corrected chi connectivity index (χ2v) is 5.62. The number of pyridine rings is 1. The number of carbonyl (C=O) groups is 1. The molecule has 0 spiro atoms. The third-order valence-corrected chi connectivity index (χ3v) is 3.74. The third-order valence-electron chi connectivity index (χ3n) is 3.74. The van der Waals surface area contributed by atoms with E-state index in [2.05, 4.69) is 21.7 Å². The summed E-state index contributed by atoms with van der Waals surface area (Å²) >= 11 is 0. The summed E-state index contributed by atoms with van der Waals surface area (Å²) in [6.45, 7) is 2.50. The van der Waals surface area contributed by atoms with Gasteiger partial charge in [-0.05, 0) is 55.5 Å². The van der Waals surface area contributed by atoms with Crippen molar-refractivity contribution in [1.82, 2.24) is 4.98 Å². The van der Waals surface area contributed by atoms with Crippen molar-refractivity contribution in [1.29, 1.82) is 5.26 Å². The van der Waals surface area contributed by atoms with E-state index >= 15 is 0 Å². The van der Waals surface area contributed by atoms with E-state index in [4.69, 9.17) is 4.74 Å². The molecule has 0 saturated heterocycles. The van der Waals surface area contributed by atoms with Gasteiger partial charge < -0.3 is 15.4 Å². The van der Waals surface area contributed by atoms with Crippen molar-refractivity contribution < 1.29 is 9.53 Å². The zero-order valence-corrected chi connectivity index (χ0v) is 14.8. The van der Waals surface area contributed by atoms with Gasteiger partial charge in [0.2, 0.25) is 0 Å². The van der Waals surface area contributed by atoms with Gasteiger partial charge in [-0.3, -0.25) is 9.78 Å². The van der Waals surface area contributed by atoms with E-state index in [1.807, 2.05) is 13.0 Å². The molecule has 1 amide bonds.